The van der Waals surface area contributed by atoms with Gasteiger partial charge in [0.1, 0.15) is 5.82 Å². The van der Waals surface area contributed by atoms with E-state index in [9.17, 15) is 14.0 Å². The van der Waals surface area contributed by atoms with Gasteiger partial charge >= 0.3 is 5.97 Å². The number of carbonyl (C=O) groups is 2. The lowest BCUT2D eigenvalue weighted by Gasteiger charge is -2.21. The minimum absolute atomic E-state index is 0.0179. The predicted molar refractivity (Wildman–Crippen MR) is 98.1 cm³/mol. The van der Waals surface area contributed by atoms with E-state index in [1.165, 1.54) is 12.1 Å². The molecule has 0 aliphatic heterocycles. The molecule has 0 aliphatic carbocycles. The van der Waals surface area contributed by atoms with Gasteiger partial charge in [0, 0.05) is 12.2 Å². The van der Waals surface area contributed by atoms with Crippen molar-refractivity contribution in [3.63, 3.8) is 0 Å². The number of hydrogen-bond donors (Lipinski definition) is 1. The summed E-state index contributed by atoms with van der Waals surface area (Å²) in [4.78, 5) is 25.8. The van der Waals surface area contributed by atoms with Crippen LogP contribution >= 0.6 is 0 Å². The maximum absolute atomic E-state index is 13.1. The third kappa shape index (κ3) is 6.64. The van der Waals surface area contributed by atoms with E-state index >= 15 is 0 Å². The highest BCUT2D eigenvalue weighted by Gasteiger charge is 2.16. The highest BCUT2D eigenvalue weighted by molar-refractivity contribution is 5.92. The van der Waals surface area contributed by atoms with Crippen LogP contribution in [0.2, 0.25) is 0 Å². The minimum atomic E-state index is -0.405. The zero-order chi connectivity index (χ0) is 18.9. The summed E-state index contributed by atoms with van der Waals surface area (Å²) >= 11 is 0. The Labute approximate surface area is 152 Å². The standard InChI is InChI=1S/C20H23FN2O3/c1-3-26-20(25)14-23(12-16-6-8-17(21)9-7-16)13-19(24)22-18-10-4-15(2)5-11-18/h4-11H,3,12-14H2,1-2H3,(H,22,24). The van der Waals surface area contributed by atoms with Crippen LogP contribution in [0.3, 0.4) is 0 Å². The van der Waals surface area contributed by atoms with Crippen molar-refractivity contribution in [3.05, 3.63) is 65.5 Å². The summed E-state index contributed by atoms with van der Waals surface area (Å²) in [6.07, 6.45) is 0. The number of esters is 1. The Hall–Kier alpha value is -2.73. The fourth-order valence-corrected chi connectivity index (χ4v) is 2.45. The van der Waals surface area contributed by atoms with E-state index in [1.54, 1.807) is 24.0 Å². The average Bonchev–Trinajstić information content (AvgIpc) is 2.59. The Kier molecular flexibility index (Phi) is 7.29. The third-order valence-electron chi connectivity index (χ3n) is 3.68. The van der Waals surface area contributed by atoms with Gasteiger partial charge in [-0.15, -0.1) is 0 Å². The summed E-state index contributed by atoms with van der Waals surface area (Å²) in [5, 5.41) is 2.81. The zero-order valence-corrected chi connectivity index (χ0v) is 15.0. The molecule has 1 N–H and O–H groups in total. The van der Waals surface area contributed by atoms with Crippen LogP contribution in [0.1, 0.15) is 18.1 Å². The molecule has 5 nitrogen and oxygen atoms in total. The number of amides is 1. The lowest BCUT2D eigenvalue weighted by Crippen LogP contribution is -2.37. The van der Waals surface area contributed by atoms with Crippen LogP contribution in [-0.4, -0.2) is 36.5 Å². The van der Waals surface area contributed by atoms with E-state index in [-0.39, 0.29) is 31.4 Å². The number of ether oxygens (including phenoxy) is 1. The van der Waals surface area contributed by atoms with Gasteiger partial charge in [-0.05, 0) is 43.7 Å². The Bertz CT molecular complexity index is 730. The van der Waals surface area contributed by atoms with E-state index in [0.29, 0.717) is 12.2 Å². The van der Waals surface area contributed by atoms with Crippen LogP contribution in [0.4, 0.5) is 10.1 Å². The fourth-order valence-electron chi connectivity index (χ4n) is 2.45. The molecule has 0 spiro atoms. The Balaban J connectivity index is 2.01. The smallest absolute Gasteiger partial charge is 0.320 e. The topological polar surface area (TPSA) is 58.6 Å². The highest BCUT2D eigenvalue weighted by atomic mass is 19.1. The summed E-state index contributed by atoms with van der Waals surface area (Å²) in [6.45, 7) is 4.30. The van der Waals surface area contributed by atoms with Crippen LogP contribution in [0, 0.1) is 12.7 Å². The molecule has 2 aromatic carbocycles. The number of hydrogen-bond acceptors (Lipinski definition) is 4. The molecule has 0 atom stereocenters. The Morgan fingerprint density at radius 1 is 1.04 bits per heavy atom. The molecule has 0 aromatic heterocycles. The van der Waals surface area contributed by atoms with Gasteiger partial charge in [-0.1, -0.05) is 29.8 Å². The lowest BCUT2D eigenvalue weighted by atomic mass is 10.2. The number of nitrogens with zero attached hydrogens (tertiary/aromatic N) is 1. The first-order chi connectivity index (χ1) is 12.5. The molecule has 0 bridgehead atoms. The van der Waals surface area contributed by atoms with Crippen LogP contribution in [0.15, 0.2) is 48.5 Å². The van der Waals surface area contributed by atoms with E-state index < -0.39 is 5.97 Å². The maximum atomic E-state index is 13.1. The molecule has 0 heterocycles. The quantitative estimate of drug-likeness (QED) is 0.737. The van der Waals surface area contributed by atoms with Crippen molar-refractivity contribution in [2.24, 2.45) is 0 Å². The first kappa shape index (κ1) is 19.6. The molecule has 1 amide bonds. The number of benzene rings is 2. The zero-order valence-electron chi connectivity index (χ0n) is 15.0. The van der Waals surface area contributed by atoms with E-state index in [1.807, 2.05) is 31.2 Å². The summed E-state index contributed by atoms with van der Waals surface area (Å²) in [5.74, 6) is -0.971. The fraction of sp³-hybridized carbons (Fsp3) is 0.300. The third-order valence-corrected chi connectivity index (χ3v) is 3.68. The first-order valence-electron chi connectivity index (χ1n) is 8.45. The number of anilines is 1. The van der Waals surface area contributed by atoms with Gasteiger partial charge in [-0.2, -0.15) is 0 Å². The van der Waals surface area contributed by atoms with Crippen molar-refractivity contribution < 1.29 is 18.7 Å². The number of aryl methyl sites for hydroxylation is 1. The number of rotatable bonds is 8. The van der Waals surface area contributed by atoms with Crippen molar-refractivity contribution in [3.8, 4) is 0 Å². The molecule has 6 heteroatoms. The second-order valence-electron chi connectivity index (χ2n) is 5.99. The molecule has 0 fully saturated rings. The van der Waals surface area contributed by atoms with E-state index in [0.717, 1.165) is 11.1 Å². The van der Waals surface area contributed by atoms with Crippen LogP contribution in [0.5, 0.6) is 0 Å². The van der Waals surface area contributed by atoms with Gasteiger partial charge in [0.05, 0.1) is 19.7 Å². The Morgan fingerprint density at radius 3 is 2.31 bits per heavy atom. The Morgan fingerprint density at radius 2 is 1.69 bits per heavy atom. The summed E-state index contributed by atoms with van der Waals surface area (Å²) < 4.78 is 18.0. The van der Waals surface area contributed by atoms with E-state index in [4.69, 9.17) is 4.74 Å². The summed E-state index contributed by atoms with van der Waals surface area (Å²) in [5.41, 5.74) is 2.60. The minimum Gasteiger partial charge on any atom is -0.465 e. The largest absolute Gasteiger partial charge is 0.465 e. The predicted octanol–water partition coefficient (Wildman–Crippen LogP) is 3.14. The SMILES string of the molecule is CCOC(=O)CN(CC(=O)Nc1ccc(C)cc1)Cc1ccc(F)cc1. The van der Waals surface area contributed by atoms with Crippen molar-refractivity contribution >= 4 is 17.6 Å². The molecule has 2 rings (SSSR count). The lowest BCUT2D eigenvalue weighted by molar-refractivity contribution is -0.144. The van der Waals surface area contributed by atoms with Gasteiger partial charge in [-0.3, -0.25) is 14.5 Å². The molecule has 0 radical (unpaired) electrons. The number of carbonyl (C=O) groups excluding carboxylic acids is 2. The van der Waals surface area contributed by atoms with Crippen molar-refractivity contribution in [1.29, 1.82) is 0 Å². The van der Waals surface area contributed by atoms with Gasteiger partial charge in [0.2, 0.25) is 5.91 Å². The van der Waals surface area contributed by atoms with Crippen LogP contribution in [0.25, 0.3) is 0 Å². The molecule has 2 aromatic rings. The van der Waals surface area contributed by atoms with Crippen LogP contribution < -0.4 is 5.32 Å². The molecular formula is C20H23FN2O3. The van der Waals surface area contributed by atoms with Crippen LogP contribution in [-0.2, 0) is 20.9 Å². The molecule has 0 aliphatic rings. The van der Waals surface area contributed by atoms with Gasteiger partial charge in [-0.25, -0.2) is 4.39 Å². The number of nitrogens with one attached hydrogen (secondary N) is 1. The van der Waals surface area contributed by atoms with Gasteiger partial charge in [0.25, 0.3) is 0 Å². The molecule has 0 saturated heterocycles. The van der Waals surface area contributed by atoms with Crippen molar-refractivity contribution in [2.75, 3.05) is 25.0 Å². The molecular weight excluding hydrogens is 335 g/mol. The monoisotopic (exact) mass is 358 g/mol. The van der Waals surface area contributed by atoms with Gasteiger partial charge < -0.3 is 10.1 Å². The van der Waals surface area contributed by atoms with Crippen molar-refractivity contribution in [1.82, 2.24) is 4.90 Å². The molecule has 138 valence electrons. The molecule has 0 saturated carbocycles. The first-order valence-corrected chi connectivity index (χ1v) is 8.45. The van der Waals surface area contributed by atoms with Crippen molar-refractivity contribution in [2.45, 2.75) is 20.4 Å². The average molecular weight is 358 g/mol. The number of halogens is 1. The van der Waals surface area contributed by atoms with E-state index in [2.05, 4.69) is 5.32 Å². The summed E-state index contributed by atoms with van der Waals surface area (Å²) in [7, 11) is 0. The van der Waals surface area contributed by atoms with Gasteiger partial charge in [0.15, 0.2) is 0 Å². The second kappa shape index (κ2) is 9.68. The second-order valence-corrected chi connectivity index (χ2v) is 5.99. The maximum Gasteiger partial charge on any atom is 0.320 e. The highest BCUT2D eigenvalue weighted by Crippen LogP contribution is 2.10. The normalized spacial score (nSPS) is 10.6. The molecule has 26 heavy (non-hydrogen) atoms. The summed E-state index contributed by atoms with van der Waals surface area (Å²) in [6, 6.07) is 13.4. The molecule has 0 unspecified atom stereocenters.